The van der Waals surface area contributed by atoms with E-state index in [1.54, 1.807) is 0 Å². The van der Waals surface area contributed by atoms with Gasteiger partial charge in [0, 0.05) is 18.6 Å². The molecule has 2 saturated carbocycles. The zero-order chi connectivity index (χ0) is 13.9. The normalized spacial score (nSPS) is 33.5. The molecule has 0 aromatic rings. The topological polar surface area (TPSA) is 29.3 Å². The van der Waals surface area contributed by atoms with Crippen LogP contribution in [0, 0.1) is 17.8 Å². The molecule has 0 radical (unpaired) electrons. The predicted octanol–water partition coefficient (Wildman–Crippen LogP) is 3.65. The summed E-state index contributed by atoms with van der Waals surface area (Å²) in [7, 11) is 2.33. The van der Waals surface area contributed by atoms with Gasteiger partial charge in [-0.05, 0) is 56.9 Å². The molecule has 112 valence electrons. The third-order valence-corrected chi connectivity index (χ3v) is 6.09. The van der Waals surface area contributed by atoms with Crippen LogP contribution in [0.2, 0.25) is 0 Å². The number of hydrogen-bond donors (Lipinski definition) is 1. The zero-order valence-corrected chi connectivity index (χ0v) is 13.3. The highest BCUT2D eigenvalue weighted by atomic mass is 15.2. The summed E-state index contributed by atoms with van der Waals surface area (Å²) in [4.78, 5) is 2.64. The van der Waals surface area contributed by atoms with Crippen molar-refractivity contribution in [1.82, 2.24) is 4.90 Å². The van der Waals surface area contributed by atoms with Gasteiger partial charge in [-0.25, -0.2) is 0 Å². The van der Waals surface area contributed by atoms with Gasteiger partial charge in [0.05, 0.1) is 0 Å². The van der Waals surface area contributed by atoms with E-state index < -0.39 is 0 Å². The van der Waals surface area contributed by atoms with Gasteiger partial charge in [0.15, 0.2) is 0 Å². The molecule has 2 unspecified atom stereocenters. The molecule has 19 heavy (non-hydrogen) atoms. The highest BCUT2D eigenvalue weighted by molar-refractivity contribution is 4.94. The summed E-state index contributed by atoms with van der Waals surface area (Å²) >= 11 is 0. The van der Waals surface area contributed by atoms with Crippen LogP contribution in [0.1, 0.15) is 65.2 Å². The second-order valence-corrected chi connectivity index (χ2v) is 7.54. The smallest absolute Gasteiger partial charge is 0.0328 e. The molecule has 0 spiro atoms. The van der Waals surface area contributed by atoms with Crippen molar-refractivity contribution in [3.05, 3.63) is 0 Å². The van der Waals surface area contributed by atoms with E-state index in [1.807, 2.05) is 0 Å². The molecule has 2 rings (SSSR count). The molecule has 0 heterocycles. The Kier molecular flexibility index (Phi) is 5.30. The van der Waals surface area contributed by atoms with Gasteiger partial charge in [-0.1, -0.05) is 33.1 Å². The molecule has 0 aliphatic heterocycles. The van der Waals surface area contributed by atoms with Crippen molar-refractivity contribution in [2.24, 2.45) is 23.5 Å². The third kappa shape index (κ3) is 3.52. The van der Waals surface area contributed by atoms with Crippen LogP contribution in [0.5, 0.6) is 0 Å². The average Bonchev–Trinajstić information content (AvgIpc) is 2.56. The van der Waals surface area contributed by atoms with Gasteiger partial charge in [0.1, 0.15) is 0 Å². The fraction of sp³-hybridized carbons (Fsp3) is 1.00. The van der Waals surface area contributed by atoms with Crippen LogP contribution in [0.15, 0.2) is 0 Å². The first-order chi connectivity index (χ1) is 9.07. The van der Waals surface area contributed by atoms with Gasteiger partial charge in [-0.15, -0.1) is 0 Å². The molecule has 0 bridgehead atoms. The van der Waals surface area contributed by atoms with Gasteiger partial charge in [0.2, 0.25) is 0 Å². The lowest BCUT2D eigenvalue weighted by atomic mass is 9.81. The SMILES string of the molecule is CC(C)C1CCCC(CN)(N(C)CC2CCC2)CC1. The molecule has 0 aromatic heterocycles. The molecular formula is C17H34N2. The summed E-state index contributed by atoms with van der Waals surface area (Å²) in [6.45, 7) is 6.90. The van der Waals surface area contributed by atoms with Crippen molar-refractivity contribution >= 4 is 0 Å². The zero-order valence-electron chi connectivity index (χ0n) is 13.3. The molecule has 2 heteroatoms. The molecule has 2 aliphatic rings. The van der Waals surface area contributed by atoms with Crippen LogP contribution in [-0.4, -0.2) is 30.6 Å². The van der Waals surface area contributed by atoms with Crippen LogP contribution in [0.25, 0.3) is 0 Å². The average molecular weight is 266 g/mol. The maximum absolute atomic E-state index is 6.22. The number of rotatable bonds is 5. The molecule has 0 saturated heterocycles. The number of nitrogens with two attached hydrogens (primary N) is 1. The second kappa shape index (κ2) is 6.58. The van der Waals surface area contributed by atoms with Crippen molar-refractivity contribution in [1.29, 1.82) is 0 Å². The third-order valence-electron chi connectivity index (χ3n) is 6.09. The van der Waals surface area contributed by atoms with Crippen LogP contribution in [0.3, 0.4) is 0 Å². The Morgan fingerprint density at radius 3 is 2.37 bits per heavy atom. The maximum Gasteiger partial charge on any atom is 0.0328 e. The van der Waals surface area contributed by atoms with Crippen molar-refractivity contribution in [3.8, 4) is 0 Å². The molecule has 2 aliphatic carbocycles. The standard InChI is InChI=1S/C17H34N2/c1-14(2)16-8-5-10-17(13-18,11-9-16)19(3)12-15-6-4-7-15/h14-16H,4-13,18H2,1-3H3. The van der Waals surface area contributed by atoms with E-state index in [2.05, 4.69) is 25.8 Å². The highest BCUT2D eigenvalue weighted by Gasteiger charge is 2.37. The van der Waals surface area contributed by atoms with E-state index in [9.17, 15) is 0 Å². The summed E-state index contributed by atoms with van der Waals surface area (Å²) < 4.78 is 0. The van der Waals surface area contributed by atoms with Crippen LogP contribution in [-0.2, 0) is 0 Å². The maximum atomic E-state index is 6.22. The highest BCUT2D eigenvalue weighted by Crippen LogP contribution is 2.38. The van der Waals surface area contributed by atoms with Crippen molar-refractivity contribution < 1.29 is 0 Å². The van der Waals surface area contributed by atoms with E-state index in [4.69, 9.17) is 5.73 Å². The van der Waals surface area contributed by atoms with Gasteiger partial charge in [0.25, 0.3) is 0 Å². The van der Waals surface area contributed by atoms with Crippen LogP contribution < -0.4 is 5.73 Å². The van der Waals surface area contributed by atoms with Gasteiger partial charge in [-0.3, -0.25) is 4.90 Å². The van der Waals surface area contributed by atoms with Crippen molar-refractivity contribution in [3.63, 3.8) is 0 Å². The Morgan fingerprint density at radius 2 is 1.84 bits per heavy atom. The monoisotopic (exact) mass is 266 g/mol. The van der Waals surface area contributed by atoms with Gasteiger partial charge >= 0.3 is 0 Å². The minimum atomic E-state index is 0.305. The van der Waals surface area contributed by atoms with E-state index in [1.165, 1.54) is 57.9 Å². The lowest BCUT2D eigenvalue weighted by molar-refractivity contribution is 0.0701. The number of hydrogen-bond acceptors (Lipinski definition) is 2. The van der Waals surface area contributed by atoms with E-state index in [-0.39, 0.29) is 0 Å². The first-order valence-electron chi connectivity index (χ1n) is 8.49. The Morgan fingerprint density at radius 1 is 1.11 bits per heavy atom. The molecule has 0 aromatic carbocycles. The largest absolute Gasteiger partial charge is 0.329 e. The van der Waals surface area contributed by atoms with Crippen molar-refractivity contribution in [2.75, 3.05) is 20.1 Å². The van der Waals surface area contributed by atoms with Gasteiger partial charge < -0.3 is 5.73 Å². The Labute approximate surface area is 120 Å². The fourth-order valence-corrected chi connectivity index (χ4v) is 4.08. The summed E-state index contributed by atoms with van der Waals surface area (Å²) in [5, 5.41) is 0. The summed E-state index contributed by atoms with van der Waals surface area (Å²) in [5.74, 6) is 2.72. The second-order valence-electron chi connectivity index (χ2n) is 7.54. The predicted molar refractivity (Wildman–Crippen MR) is 83.2 cm³/mol. The molecular weight excluding hydrogens is 232 g/mol. The molecule has 2 fully saturated rings. The summed E-state index contributed by atoms with van der Waals surface area (Å²) in [6, 6.07) is 0. The Bertz CT molecular complexity index is 272. The van der Waals surface area contributed by atoms with E-state index >= 15 is 0 Å². The van der Waals surface area contributed by atoms with Crippen LogP contribution >= 0.6 is 0 Å². The summed E-state index contributed by atoms with van der Waals surface area (Å²) in [5.41, 5.74) is 6.53. The van der Waals surface area contributed by atoms with E-state index in [0.717, 1.165) is 24.3 Å². The van der Waals surface area contributed by atoms with Crippen LogP contribution in [0.4, 0.5) is 0 Å². The minimum absolute atomic E-state index is 0.305. The van der Waals surface area contributed by atoms with E-state index in [0.29, 0.717) is 5.54 Å². The Hall–Kier alpha value is -0.0800. The first kappa shape index (κ1) is 15.3. The fourth-order valence-electron chi connectivity index (χ4n) is 4.08. The van der Waals surface area contributed by atoms with Gasteiger partial charge in [-0.2, -0.15) is 0 Å². The van der Waals surface area contributed by atoms with Crippen molar-refractivity contribution in [2.45, 2.75) is 70.8 Å². The molecule has 2 N–H and O–H groups in total. The summed E-state index contributed by atoms with van der Waals surface area (Å²) in [6.07, 6.45) is 11.1. The molecule has 2 nitrogen and oxygen atoms in total. The minimum Gasteiger partial charge on any atom is -0.329 e. The lowest BCUT2D eigenvalue weighted by Crippen LogP contribution is -2.53. The quantitative estimate of drug-likeness (QED) is 0.770. The molecule has 2 atom stereocenters. The molecule has 0 amide bonds. The number of likely N-dealkylation sites (N-methyl/N-ethyl adjacent to an activating group) is 1. The lowest BCUT2D eigenvalue weighted by Gasteiger charge is -2.44. The first-order valence-corrected chi connectivity index (χ1v) is 8.49. The Balaban J connectivity index is 1.96. The number of nitrogens with zero attached hydrogens (tertiary/aromatic N) is 1.